The number of aromatic hydroxyl groups is 2. The highest BCUT2D eigenvalue weighted by molar-refractivity contribution is 5.66. The molecule has 4 nitrogen and oxygen atoms in total. The van der Waals surface area contributed by atoms with Crippen LogP contribution in [0.4, 0.5) is 0 Å². The summed E-state index contributed by atoms with van der Waals surface area (Å²) in [7, 11) is 0. The maximum absolute atomic E-state index is 9.86. The van der Waals surface area contributed by atoms with Gasteiger partial charge in [-0.05, 0) is 48.3 Å². The number of ether oxygens (including phenoxy) is 2. The topological polar surface area (TPSA) is 58.9 Å². The number of hydrogen-bond donors (Lipinski definition) is 2. The van der Waals surface area contributed by atoms with E-state index < -0.39 is 5.60 Å². The van der Waals surface area contributed by atoms with Crippen molar-refractivity contribution in [2.75, 3.05) is 6.61 Å². The van der Waals surface area contributed by atoms with Crippen molar-refractivity contribution in [1.29, 1.82) is 0 Å². The van der Waals surface area contributed by atoms with Crippen molar-refractivity contribution in [2.24, 2.45) is 0 Å². The Morgan fingerprint density at radius 2 is 1.58 bits per heavy atom. The van der Waals surface area contributed by atoms with Crippen LogP contribution in [0.15, 0.2) is 59.7 Å². The van der Waals surface area contributed by atoms with E-state index in [0.717, 1.165) is 29.5 Å². The fourth-order valence-electron chi connectivity index (χ4n) is 3.98. The molecule has 0 bridgehead atoms. The van der Waals surface area contributed by atoms with E-state index in [1.54, 1.807) is 24.3 Å². The lowest BCUT2D eigenvalue weighted by atomic mass is 9.75. The molecule has 2 N–H and O–H groups in total. The zero-order valence-corrected chi connectivity index (χ0v) is 13.0. The molecule has 0 unspecified atom stereocenters. The monoisotopic (exact) mass is 320 g/mol. The van der Waals surface area contributed by atoms with Gasteiger partial charge in [0.2, 0.25) is 0 Å². The molecular weight excluding hydrogens is 304 g/mol. The molecule has 120 valence electrons. The van der Waals surface area contributed by atoms with Gasteiger partial charge in [-0.15, -0.1) is 0 Å². The van der Waals surface area contributed by atoms with Crippen LogP contribution in [0.1, 0.15) is 24.0 Å². The molecule has 0 saturated heterocycles. The van der Waals surface area contributed by atoms with Gasteiger partial charge in [0.25, 0.3) is 0 Å². The third-order valence-electron chi connectivity index (χ3n) is 5.03. The SMILES string of the molecule is Oc1ccc2c(c1)Oc1cc(O)ccc1C21OCC2=C1C=CCC2. The van der Waals surface area contributed by atoms with Crippen LogP contribution in [-0.2, 0) is 10.3 Å². The van der Waals surface area contributed by atoms with E-state index in [4.69, 9.17) is 9.47 Å². The summed E-state index contributed by atoms with van der Waals surface area (Å²) in [6.45, 7) is 0.584. The Morgan fingerprint density at radius 1 is 0.917 bits per heavy atom. The minimum atomic E-state index is -0.740. The van der Waals surface area contributed by atoms with E-state index in [2.05, 4.69) is 12.2 Å². The molecule has 5 rings (SSSR count). The summed E-state index contributed by atoms with van der Waals surface area (Å²) in [6, 6.07) is 10.2. The molecule has 2 heterocycles. The zero-order chi connectivity index (χ0) is 16.3. The molecule has 4 heteroatoms. The molecule has 0 radical (unpaired) electrons. The third-order valence-corrected chi connectivity index (χ3v) is 5.03. The van der Waals surface area contributed by atoms with Gasteiger partial charge in [0.1, 0.15) is 23.0 Å². The summed E-state index contributed by atoms with van der Waals surface area (Å²) in [5.41, 5.74) is 3.48. The number of phenols is 2. The molecular formula is C20H16O4. The molecule has 0 saturated carbocycles. The normalized spacial score (nSPS) is 19.7. The Kier molecular flexibility index (Phi) is 2.65. The first-order valence-corrected chi connectivity index (χ1v) is 8.06. The van der Waals surface area contributed by atoms with Crippen LogP contribution in [-0.4, -0.2) is 16.8 Å². The molecule has 24 heavy (non-hydrogen) atoms. The third kappa shape index (κ3) is 1.66. The van der Waals surface area contributed by atoms with E-state index >= 15 is 0 Å². The quantitative estimate of drug-likeness (QED) is 0.766. The summed E-state index contributed by atoms with van der Waals surface area (Å²) in [5.74, 6) is 1.39. The van der Waals surface area contributed by atoms with Gasteiger partial charge in [0.05, 0.1) is 6.61 Å². The van der Waals surface area contributed by atoms with Gasteiger partial charge in [-0.25, -0.2) is 0 Å². The highest BCUT2D eigenvalue weighted by Crippen LogP contribution is 2.57. The van der Waals surface area contributed by atoms with E-state index in [0.29, 0.717) is 18.1 Å². The predicted molar refractivity (Wildman–Crippen MR) is 88.4 cm³/mol. The highest BCUT2D eigenvalue weighted by Gasteiger charge is 2.50. The Labute approximate surface area is 139 Å². The van der Waals surface area contributed by atoms with Crippen molar-refractivity contribution in [2.45, 2.75) is 18.4 Å². The largest absolute Gasteiger partial charge is 0.508 e. The molecule has 1 spiro atoms. The van der Waals surface area contributed by atoms with Crippen LogP contribution in [0.25, 0.3) is 0 Å². The summed E-state index contributed by atoms with van der Waals surface area (Å²) in [4.78, 5) is 0. The summed E-state index contributed by atoms with van der Waals surface area (Å²) < 4.78 is 12.4. The summed E-state index contributed by atoms with van der Waals surface area (Å²) >= 11 is 0. The summed E-state index contributed by atoms with van der Waals surface area (Å²) in [5, 5.41) is 19.7. The number of benzene rings is 2. The van der Waals surface area contributed by atoms with E-state index in [9.17, 15) is 10.2 Å². The van der Waals surface area contributed by atoms with Gasteiger partial charge in [-0.3, -0.25) is 0 Å². The second kappa shape index (κ2) is 4.65. The molecule has 2 aromatic carbocycles. The maximum Gasteiger partial charge on any atom is 0.151 e. The molecule has 0 fully saturated rings. The fourth-order valence-corrected chi connectivity index (χ4v) is 3.98. The van der Waals surface area contributed by atoms with Crippen LogP contribution >= 0.6 is 0 Å². The maximum atomic E-state index is 9.86. The van der Waals surface area contributed by atoms with Crippen molar-refractivity contribution in [3.8, 4) is 23.0 Å². The average molecular weight is 320 g/mol. The van der Waals surface area contributed by atoms with Crippen LogP contribution in [0, 0.1) is 0 Å². The fraction of sp³-hybridized carbons (Fsp3) is 0.200. The van der Waals surface area contributed by atoms with Gasteiger partial charge < -0.3 is 19.7 Å². The Bertz CT molecular complexity index is 872. The van der Waals surface area contributed by atoms with E-state index in [1.807, 2.05) is 12.1 Å². The lowest BCUT2D eigenvalue weighted by molar-refractivity contribution is 0.0420. The Hall–Kier alpha value is -2.72. The molecule has 3 aliphatic rings. The van der Waals surface area contributed by atoms with Crippen molar-refractivity contribution < 1.29 is 19.7 Å². The van der Waals surface area contributed by atoms with Crippen LogP contribution < -0.4 is 4.74 Å². The molecule has 2 aromatic rings. The molecule has 0 amide bonds. The smallest absolute Gasteiger partial charge is 0.151 e. The zero-order valence-electron chi connectivity index (χ0n) is 13.0. The molecule has 2 aliphatic heterocycles. The Balaban J connectivity index is 1.85. The van der Waals surface area contributed by atoms with Gasteiger partial charge in [0.15, 0.2) is 5.60 Å². The number of fused-ring (bicyclic) bond motifs is 5. The number of allylic oxidation sites excluding steroid dienone is 1. The van der Waals surface area contributed by atoms with Gasteiger partial charge in [-0.1, -0.05) is 12.2 Å². The molecule has 0 aromatic heterocycles. The predicted octanol–water partition coefficient (Wildman–Crippen LogP) is 4.12. The number of hydrogen-bond acceptors (Lipinski definition) is 4. The summed E-state index contributed by atoms with van der Waals surface area (Å²) in [6.07, 6.45) is 6.34. The van der Waals surface area contributed by atoms with Crippen LogP contribution in [0.3, 0.4) is 0 Å². The first-order valence-electron chi connectivity index (χ1n) is 8.06. The van der Waals surface area contributed by atoms with Gasteiger partial charge >= 0.3 is 0 Å². The minimum Gasteiger partial charge on any atom is -0.508 e. The lowest BCUT2D eigenvalue weighted by Crippen LogP contribution is -2.33. The average Bonchev–Trinajstić information content (AvgIpc) is 2.95. The van der Waals surface area contributed by atoms with Crippen molar-refractivity contribution in [3.05, 3.63) is 70.8 Å². The molecule has 1 aliphatic carbocycles. The minimum absolute atomic E-state index is 0.138. The Morgan fingerprint density at radius 3 is 2.25 bits per heavy atom. The second-order valence-corrected chi connectivity index (χ2v) is 6.39. The number of phenolic OH excluding ortho intramolecular Hbond substituents is 2. The van der Waals surface area contributed by atoms with E-state index in [1.165, 1.54) is 5.57 Å². The van der Waals surface area contributed by atoms with Crippen LogP contribution in [0.5, 0.6) is 23.0 Å². The first kappa shape index (κ1) is 13.7. The number of rotatable bonds is 0. The van der Waals surface area contributed by atoms with Crippen LogP contribution in [0.2, 0.25) is 0 Å². The second-order valence-electron chi connectivity index (χ2n) is 6.39. The highest BCUT2D eigenvalue weighted by atomic mass is 16.5. The standard InChI is InChI=1S/C20H16O4/c21-13-5-7-16-18(9-13)24-19-10-14(22)6-8-17(19)20(16)15-4-2-1-3-12(15)11-23-20/h2,4-10,21-22H,1,3,11H2. The van der Waals surface area contributed by atoms with Gasteiger partial charge in [0, 0.05) is 23.3 Å². The first-order chi connectivity index (χ1) is 11.7. The van der Waals surface area contributed by atoms with Crippen molar-refractivity contribution in [3.63, 3.8) is 0 Å². The van der Waals surface area contributed by atoms with E-state index in [-0.39, 0.29) is 11.5 Å². The van der Waals surface area contributed by atoms with Crippen molar-refractivity contribution >= 4 is 0 Å². The van der Waals surface area contributed by atoms with Crippen molar-refractivity contribution in [1.82, 2.24) is 0 Å². The molecule has 0 atom stereocenters. The lowest BCUT2D eigenvalue weighted by Gasteiger charge is -2.38. The van der Waals surface area contributed by atoms with Gasteiger partial charge in [-0.2, -0.15) is 0 Å².